The van der Waals surface area contributed by atoms with E-state index in [1.807, 2.05) is 12.1 Å². The summed E-state index contributed by atoms with van der Waals surface area (Å²) in [6.07, 6.45) is 7.28. The fourth-order valence-corrected chi connectivity index (χ4v) is 3.97. The second kappa shape index (κ2) is 3.75. The van der Waals surface area contributed by atoms with Gasteiger partial charge in [-0.2, -0.15) is 0 Å². The molecule has 1 aliphatic heterocycles. The van der Waals surface area contributed by atoms with Gasteiger partial charge in [0.15, 0.2) is 0 Å². The highest BCUT2D eigenvalue weighted by atomic mass is 16.2. The van der Waals surface area contributed by atoms with Crippen molar-refractivity contribution in [3.8, 4) is 0 Å². The molecule has 4 rings (SSSR count). The van der Waals surface area contributed by atoms with Gasteiger partial charge in [0, 0.05) is 23.7 Å². The third-order valence-corrected chi connectivity index (χ3v) is 5.23. The van der Waals surface area contributed by atoms with E-state index in [4.69, 9.17) is 5.73 Å². The summed E-state index contributed by atoms with van der Waals surface area (Å²) in [5.74, 6) is 0.178. The van der Waals surface area contributed by atoms with Crippen LogP contribution in [0.5, 0.6) is 0 Å². The number of nitrogen functional groups attached to an aromatic ring is 1. The maximum absolute atomic E-state index is 12.8. The highest BCUT2D eigenvalue weighted by molar-refractivity contribution is 6.02. The summed E-state index contributed by atoms with van der Waals surface area (Å²) in [7, 11) is 0. The van der Waals surface area contributed by atoms with Gasteiger partial charge in [-0.05, 0) is 37.3 Å². The molecule has 0 bridgehead atoms. The number of hydrogen-bond donors (Lipinski definition) is 1. The van der Waals surface area contributed by atoms with Gasteiger partial charge in [0.05, 0.1) is 5.56 Å². The first-order chi connectivity index (χ1) is 9.21. The van der Waals surface area contributed by atoms with E-state index in [2.05, 4.69) is 11.0 Å². The average Bonchev–Trinajstić information content (AvgIpc) is 2.97. The molecule has 0 unspecified atom stereocenters. The van der Waals surface area contributed by atoms with Crippen LogP contribution in [0.25, 0.3) is 0 Å². The Morgan fingerprint density at radius 1 is 1.21 bits per heavy atom. The lowest BCUT2D eigenvalue weighted by Gasteiger charge is -2.39. The lowest BCUT2D eigenvalue weighted by molar-refractivity contribution is 0.0630. The van der Waals surface area contributed by atoms with Crippen LogP contribution in [0.4, 0.5) is 5.69 Å². The third kappa shape index (κ3) is 1.54. The highest BCUT2D eigenvalue weighted by Gasteiger charge is 2.53. The van der Waals surface area contributed by atoms with Crippen LogP contribution in [-0.4, -0.2) is 23.4 Å². The standard InChI is InChI=1S/C16H20N2O/c17-13-7-3-6-12-14(13)15(19)18(10-16(12)8-9-16)11-4-1-2-5-11/h3,6-7,11H,1-2,4-5,8-10,17H2. The Bertz CT molecular complexity index is 542. The van der Waals surface area contributed by atoms with Crippen molar-refractivity contribution in [1.82, 2.24) is 4.90 Å². The molecule has 100 valence electrons. The monoisotopic (exact) mass is 256 g/mol. The van der Waals surface area contributed by atoms with Crippen LogP contribution in [0.1, 0.15) is 54.4 Å². The van der Waals surface area contributed by atoms with Crippen LogP contribution in [-0.2, 0) is 5.41 Å². The summed E-state index contributed by atoms with van der Waals surface area (Å²) in [6.45, 7) is 0.924. The van der Waals surface area contributed by atoms with Crippen molar-refractivity contribution in [3.63, 3.8) is 0 Å². The molecule has 1 amide bonds. The molecular formula is C16H20N2O. The molecule has 3 aliphatic rings. The summed E-state index contributed by atoms with van der Waals surface area (Å²) < 4.78 is 0. The van der Waals surface area contributed by atoms with E-state index in [9.17, 15) is 4.79 Å². The molecule has 2 fully saturated rings. The summed E-state index contributed by atoms with van der Waals surface area (Å²) in [4.78, 5) is 14.9. The third-order valence-electron chi connectivity index (χ3n) is 5.23. The zero-order valence-electron chi connectivity index (χ0n) is 11.2. The minimum absolute atomic E-state index is 0.178. The Balaban J connectivity index is 1.80. The van der Waals surface area contributed by atoms with E-state index in [1.54, 1.807) is 0 Å². The quantitative estimate of drug-likeness (QED) is 0.785. The second-order valence-corrected chi connectivity index (χ2v) is 6.42. The molecule has 1 spiro atoms. The van der Waals surface area contributed by atoms with Gasteiger partial charge in [0.2, 0.25) is 0 Å². The fraction of sp³-hybridized carbons (Fsp3) is 0.562. The number of nitrogens with zero attached hydrogens (tertiary/aromatic N) is 1. The van der Waals surface area contributed by atoms with E-state index in [0.29, 0.717) is 11.7 Å². The van der Waals surface area contributed by atoms with Crippen LogP contribution >= 0.6 is 0 Å². The van der Waals surface area contributed by atoms with Crippen molar-refractivity contribution in [3.05, 3.63) is 29.3 Å². The minimum Gasteiger partial charge on any atom is -0.398 e. The van der Waals surface area contributed by atoms with Gasteiger partial charge in [-0.3, -0.25) is 4.79 Å². The van der Waals surface area contributed by atoms with Crippen molar-refractivity contribution in [2.75, 3.05) is 12.3 Å². The van der Waals surface area contributed by atoms with Gasteiger partial charge >= 0.3 is 0 Å². The predicted octanol–water partition coefficient (Wildman–Crippen LogP) is 2.70. The van der Waals surface area contributed by atoms with Gasteiger partial charge in [0.1, 0.15) is 0 Å². The molecule has 0 aromatic heterocycles. The van der Waals surface area contributed by atoms with Crippen molar-refractivity contribution in [1.29, 1.82) is 0 Å². The molecule has 0 atom stereocenters. The molecule has 3 nitrogen and oxygen atoms in total. The van der Waals surface area contributed by atoms with Gasteiger partial charge in [-0.25, -0.2) is 0 Å². The second-order valence-electron chi connectivity index (χ2n) is 6.42. The topological polar surface area (TPSA) is 46.3 Å². The smallest absolute Gasteiger partial charge is 0.256 e. The number of hydrogen-bond acceptors (Lipinski definition) is 2. The zero-order chi connectivity index (χ0) is 13.0. The number of fused-ring (bicyclic) bond motifs is 2. The summed E-state index contributed by atoms with van der Waals surface area (Å²) in [6, 6.07) is 6.43. The average molecular weight is 256 g/mol. The number of carbonyl (C=O) groups is 1. The van der Waals surface area contributed by atoms with E-state index < -0.39 is 0 Å². The SMILES string of the molecule is Nc1cccc2c1C(=O)N(C1CCCC1)CC21CC1. The van der Waals surface area contributed by atoms with Gasteiger partial charge in [-0.1, -0.05) is 25.0 Å². The maximum Gasteiger partial charge on any atom is 0.256 e. The Kier molecular flexibility index (Phi) is 2.23. The molecule has 2 N–H and O–H groups in total. The molecule has 2 aliphatic carbocycles. The predicted molar refractivity (Wildman–Crippen MR) is 75.1 cm³/mol. The van der Waals surface area contributed by atoms with Crippen LogP contribution in [0.15, 0.2) is 18.2 Å². The molecule has 19 heavy (non-hydrogen) atoms. The Morgan fingerprint density at radius 3 is 2.63 bits per heavy atom. The molecule has 0 radical (unpaired) electrons. The Morgan fingerprint density at radius 2 is 1.95 bits per heavy atom. The number of anilines is 1. The number of carbonyl (C=O) groups excluding carboxylic acids is 1. The minimum atomic E-state index is 0.178. The maximum atomic E-state index is 12.8. The first-order valence-corrected chi connectivity index (χ1v) is 7.41. The summed E-state index contributed by atoms with van der Waals surface area (Å²) in [5, 5.41) is 0. The van der Waals surface area contributed by atoms with Crippen LogP contribution < -0.4 is 5.73 Å². The van der Waals surface area contributed by atoms with Gasteiger partial charge in [-0.15, -0.1) is 0 Å². The molecule has 3 heteroatoms. The largest absolute Gasteiger partial charge is 0.398 e. The van der Waals surface area contributed by atoms with E-state index in [-0.39, 0.29) is 11.3 Å². The van der Waals surface area contributed by atoms with Crippen LogP contribution in [0.3, 0.4) is 0 Å². The molecule has 1 aromatic rings. The Hall–Kier alpha value is -1.51. The molecule has 1 aromatic carbocycles. The zero-order valence-corrected chi connectivity index (χ0v) is 11.2. The van der Waals surface area contributed by atoms with E-state index in [0.717, 1.165) is 12.1 Å². The summed E-state index contributed by atoms with van der Waals surface area (Å²) >= 11 is 0. The van der Waals surface area contributed by atoms with Gasteiger partial charge in [0.25, 0.3) is 5.91 Å². The van der Waals surface area contributed by atoms with Crippen molar-refractivity contribution in [2.24, 2.45) is 0 Å². The number of amides is 1. The summed E-state index contributed by atoms with van der Waals surface area (Å²) in [5.41, 5.74) is 9.01. The Labute approximate surface area is 113 Å². The number of rotatable bonds is 1. The molecule has 1 heterocycles. The van der Waals surface area contributed by atoms with Crippen LogP contribution in [0.2, 0.25) is 0 Å². The lowest BCUT2D eigenvalue weighted by atomic mass is 9.85. The molecule has 0 saturated heterocycles. The van der Waals surface area contributed by atoms with Crippen molar-refractivity contribution < 1.29 is 4.79 Å². The fourth-order valence-electron chi connectivity index (χ4n) is 3.97. The van der Waals surface area contributed by atoms with Crippen LogP contribution in [0, 0.1) is 0 Å². The molecular weight excluding hydrogens is 236 g/mol. The number of nitrogens with two attached hydrogens (primary N) is 1. The lowest BCUT2D eigenvalue weighted by Crippen LogP contribution is -2.48. The highest BCUT2D eigenvalue weighted by Crippen LogP contribution is 2.54. The molecule has 2 saturated carbocycles. The van der Waals surface area contributed by atoms with E-state index in [1.165, 1.54) is 44.1 Å². The first-order valence-electron chi connectivity index (χ1n) is 7.41. The van der Waals surface area contributed by atoms with Crippen molar-refractivity contribution in [2.45, 2.75) is 50.0 Å². The van der Waals surface area contributed by atoms with Gasteiger partial charge < -0.3 is 10.6 Å². The first kappa shape index (κ1) is 11.3. The van der Waals surface area contributed by atoms with Crippen molar-refractivity contribution >= 4 is 11.6 Å². The normalized spacial score (nSPS) is 24.8. The number of benzene rings is 1. The van der Waals surface area contributed by atoms with E-state index >= 15 is 0 Å².